The Morgan fingerprint density at radius 3 is 2.81 bits per heavy atom. The van der Waals surface area contributed by atoms with Gasteiger partial charge in [0.05, 0.1) is 23.3 Å². The number of hydrogen-bond acceptors (Lipinski definition) is 5. The SMILES string of the molecule is Cc1nc(Cl)nc(Nc2cnn(C)c2)c1N. The highest BCUT2D eigenvalue weighted by atomic mass is 35.5. The fraction of sp³-hybridized carbons (Fsp3) is 0.222. The first kappa shape index (κ1) is 10.7. The number of hydrogen-bond donors (Lipinski definition) is 2. The lowest BCUT2D eigenvalue weighted by molar-refractivity contribution is 0.768. The lowest BCUT2D eigenvalue weighted by Crippen LogP contribution is -2.03. The molecule has 3 N–H and O–H groups in total. The predicted molar refractivity (Wildman–Crippen MR) is 62.7 cm³/mol. The van der Waals surface area contributed by atoms with Crippen LogP contribution in [0.4, 0.5) is 17.2 Å². The summed E-state index contributed by atoms with van der Waals surface area (Å²) in [6.07, 6.45) is 3.48. The van der Waals surface area contributed by atoms with Gasteiger partial charge in [0.1, 0.15) is 0 Å². The van der Waals surface area contributed by atoms with Crippen LogP contribution in [0, 0.1) is 6.92 Å². The monoisotopic (exact) mass is 238 g/mol. The van der Waals surface area contributed by atoms with Crippen molar-refractivity contribution in [1.29, 1.82) is 0 Å². The van der Waals surface area contributed by atoms with Crippen molar-refractivity contribution < 1.29 is 0 Å². The molecule has 0 aliphatic carbocycles. The molecule has 2 aromatic rings. The van der Waals surface area contributed by atoms with Gasteiger partial charge in [0.25, 0.3) is 0 Å². The number of nitrogens with one attached hydrogen (secondary N) is 1. The minimum absolute atomic E-state index is 0.165. The van der Waals surface area contributed by atoms with Crippen LogP contribution >= 0.6 is 11.6 Å². The molecule has 0 unspecified atom stereocenters. The molecule has 0 aromatic carbocycles. The first-order chi connectivity index (χ1) is 7.56. The van der Waals surface area contributed by atoms with Crippen LogP contribution in [-0.4, -0.2) is 19.7 Å². The van der Waals surface area contributed by atoms with Crippen LogP contribution in [0.1, 0.15) is 5.69 Å². The highest BCUT2D eigenvalue weighted by Crippen LogP contribution is 2.23. The summed E-state index contributed by atoms with van der Waals surface area (Å²) < 4.78 is 1.67. The van der Waals surface area contributed by atoms with Crippen molar-refractivity contribution in [2.75, 3.05) is 11.1 Å². The number of aromatic nitrogens is 4. The van der Waals surface area contributed by atoms with Crippen LogP contribution in [0.5, 0.6) is 0 Å². The third-order valence-corrected chi connectivity index (χ3v) is 2.25. The third-order valence-electron chi connectivity index (χ3n) is 2.08. The molecule has 0 saturated carbocycles. The molecule has 16 heavy (non-hydrogen) atoms. The Kier molecular flexibility index (Phi) is 2.66. The van der Waals surface area contributed by atoms with E-state index in [4.69, 9.17) is 17.3 Å². The predicted octanol–water partition coefficient (Wildman–Crippen LogP) is 1.50. The summed E-state index contributed by atoms with van der Waals surface area (Å²) in [6.45, 7) is 1.78. The van der Waals surface area contributed by atoms with E-state index in [-0.39, 0.29) is 5.28 Å². The summed E-state index contributed by atoms with van der Waals surface area (Å²) in [6, 6.07) is 0. The molecular formula is C9H11ClN6. The highest BCUT2D eigenvalue weighted by Gasteiger charge is 2.08. The molecule has 0 aliphatic heterocycles. The van der Waals surface area contributed by atoms with Gasteiger partial charge in [0.2, 0.25) is 5.28 Å². The first-order valence-electron chi connectivity index (χ1n) is 4.61. The zero-order valence-electron chi connectivity index (χ0n) is 8.90. The van der Waals surface area contributed by atoms with Gasteiger partial charge in [-0.2, -0.15) is 10.1 Å². The molecule has 2 aromatic heterocycles. The second kappa shape index (κ2) is 3.97. The second-order valence-corrected chi connectivity index (χ2v) is 3.71. The van der Waals surface area contributed by atoms with E-state index >= 15 is 0 Å². The average Bonchev–Trinajstić information content (AvgIpc) is 2.60. The topological polar surface area (TPSA) is 81.7 Å². The Hall–Kier alpha value is -1.82. The number of aryl methyl sites for hydroxylation is 2. The highest BCUT2D eigenvalue weighted by molar-refractivity contribution is 6.28. The number of rotatable bonds is 2. The molecule has 0 spiro atoms. The Morgan fingerprint density at radius 2 is 2.19 bits per heavy atom. The van der Waals surface area contributed by atoms with Gasteiger partial charge in [-0.3, -0.25) is 4.68 Å². The summed E-state index contributed by atoms with van der Waals surface area (Å²) in [7, 11) is 1.83. The Balaban J connectivity index is 2.34. The van der Waals surface area contributed by atoms with Crippen molar-refractivity contribution >= 4 is 28.8 Å². The summed E-state index contributed by atoms with van der Waals surface area (Å²) in [5.74, 6) is 0.491. The van der Waals surface area contributed by atoms with E-state index in [9.17, 15) is 0 Å². The maximum atomic E-state index is 5.83. The standard InChI is InChI=1S/C9H11ClN6/c1-5-7(11)8(15-9(10)13-5)14-6-3-12-16(2)4-6/h3-4H,11H2,1-2H3,(H,13,14,15). The molecule has 2 heterocycles. The Bertz CT molecular complexity index is 521. The van der Waals surface area contributed by atoms with Gasteiger partial charge < -0.3 is 11.1 Å². The number of anilines is 3. The van der Waals surface area contributed by atoms with E-state index in [1.165, 1.54) is 0 Å². The molecule has 0 atom stereocenters. The molecular weight excluding hydrogens is 228 g/mol. The molecule has 0 saturated heterocycles. The molecule has 0 fully saturated rings. The number of nitrogens with two attached hydrogens (primary N) is 1. The zero-order chi connectivity index (χ0) is 11.7. The molecule has 0 bridgehead atoms. The van der Waals surface area contributed by atoms with Crippen molar-refractivity contribution in [3.63, 3.8) is 0 Å². The fourth-order valence-corrected chi connectivity index (χ4v) is 1.48. The summed E-state index contributed by atoms with van der Waals surface area (Å²) >= 11 is 5.75. The smallest absolute Gasteiger partial charge is 0.224 e. The zero-order valence-corrected chi connectivity index (χ0v) is 9.65. The first-order valence-corrected chi connectivity index (χ1v) is 4.99. The number of halogens is 1. The normalized spacial score (nSPS) is 10.4. The summed E-state index contributed by atoms with van der Waals surface area (Å²) in [5, 5.41) is 7.22. The van der Waals surface area contributed by atoms with Crippen LogP contribution in [0.25, 0.3) is 0 Å². The summed E-state index contributed by atoms with van der Waals surface area (Å²) in [5.41, 5.74) is 7.75. The van der Waals surface area contributed by atoms with E-state index < -0.39 is 0 Å². The van der Waals surface area contributed by atoms with E-state index in [1.54, 1.807) is 17.8 Å². The van der Waals surface area contributed by atoms with Gasteiger partial charge in [-0.1, -0.05) is 0 Å². The number of nitrogen functional groups attached to an aromatic ring is 1. The summed E-state index contributed by atoms with van der Waals surface area (Å²) in [4.78, 5) is 7.97. The van der Waals surface area contributed by atoms with E-state index in [2.05, 4.69) is 20.4 Å². The van der Waals surface area contributed by atoms with Crippen LogP contribution in [0.2, 0.25) is 5.28 Å². The lowest BCUT2D eigenvalue weighted by Gasteiger charge is -2.08. The molecule has 6 nitrogen and oxygen atoms in total. The minimum Gasteiger partial charge on any atom is -0.394 e. The lowest BCUT2D eigenvalue weighted by atomic mass is 10.3. The van der Waals surface area contributed by atoms with Crippen molar-refractivity contribution in [1.82, 2.24) is 19.7 Å². The largest absolute Gasteiger partial charge is 0.394 e. The Labute approximate surface area is 97.5 Å². The van der Waals surface area contributed by atoms with Gasteiger partial charge in [-0.25, -0.2) is 4.98 Å². The number of nitrogens with zero attached hydrogens (tertiary/aromatic N) is 4. The maximum Gasteiger partial charge on any atom is 0.224 e. The van der Waals surface area contributed by atoms with Crippen molar-refractivity contribution in [2.24, 2.45) is 7.05 Å². The van der Waals surface area contributed by atoms with Gasteiger partial charge in [-0.15, -0.1) is 0 Å². The molecule has 0 aliphatic rings. The third kappa shape index (κ3) is 2.06. The van der Waals surface area contributed by atoms with Crippen LogP contribution < -0.4 is 11.1 Å². The fourth-order valence-electron chi connectivity index (χ4n) is 1.27. The van der Waals surface area contributed by atoms with Crippen LogP contribution in [0.3, 0.4) is 0 Å². The molecule has 2 rings (SSSR count). The Morgan fingerprint density at radius 1 is 1.44 bits per heavy atom. The minimum atomic E-state index is 0.165. The van der Waals surface area contributed by atoms with E-state index in [0.717, 1.165) is 5.69 Å². The maximum absolute atomic E-state index is 5.83. The van der Waals surface area contributed by atoms with Gasteiger partial charge in [0.15, 0.2) is 5.82 Å². The van der Waals surface area contributed by atoms with Gasteiger partial charge in [0, 0.05) is 13.2 Å². The van der Waals surface area contributed by atoms with Gasteiger partial charge >= 0.3 is 0 Å². The molecule has 0 radical (unpaired) electrons. The van der Waals surface area contributed by atoms with E-state index in [0.29, 0.717) is 17.2 Å². The van der Waals surface area contributed by atoms with Crippen LogP contribution in [0.15, 0.2) is 12.4 Å². The van der Waals surface area contributed by atoms with Crippen LogP contribution in [-0.2, 0) is 7.05 Å². The molecule has 7 heteroatoms. The van der Waals surface area contributed by atoms with Gasteiger partial charge in [-0.05, 0) is 18.5 Å². The van der Waals surface area contributed by atoms with Crippen molar-refractivity contribution in [3.05, 3.63) is 23.4 Å². The molecule has 84 valence electrons. The molecule has 0 amide bonds. The second-order valence-electron chi connectivity index (χ2n) is 3.37. The van der Waals surface area contributed by atoms with E-state index in [1.807, 2.05) is 13.2 Å². The quantitative estimate of drug-likeness (QED) is 0.775. The average molecular weight is 239 g/mol. The van der Waals surface area contributed by atoms with Crippen molar-refractivity contribution in [3.8, 4) is 0 Å². The van der Waals surface area contributed by atoms with Crippen molar-refractivity contribution in [2.45, 2.75) is 6.92 Å².